The highest BCUT2D eigenvalue weighted by atomic mass is 32.2. The molecular weight excluding hydrogens is 254 g/mol. The van der Waals surface area contributed by atoms with Gasteiger partial charge in [0.2, 0.25) is 10.0 Å². The number of hydrogen-bond donors (Lipinski definition) is 1. The van der Waals surface area contributed by atoms with Gasteiger partial charge in [0.05, 0.1) is 11.5 Å². The largest absolute Gasteiger partial charge is 0.464 e. The highest BCUT2D eigenvalue weighted by Gasteiger charge is 2.38. The summed E-state index contributed by atoms with van der Waals surface area (Å²) in [6.45, 7) is 2.30. The lowest BCUT2D eigenvalue weighted by Crippen LogP contribution is -2.28. The second-order valence-corrected chi connectivity index (χ2v) is 5.80. The molecule has 0 fully saturated rings. The Balaban J connectivity index is 2.20. The fourth-order valence-electron chi connectivity index (χ4n) is 1.82. The molecule has 0 aliphatic carbocycles. The molecule has 1 aromatic rings. The highest BCUT2D eigenvalue weighted by molar-refractivity contribution is 7.89. The van der Waals surface area contributed by atoms with Crippen molar-refractivity contribution in [3.63, 3.8) is 0 Å². The van der Waals surface area contributed by atoms with E-state index in [0.717, 1.165) is 12.8 Å². The van der Waals surface area contributed by atoms with Crippen LogP contribution in [0.1, 0.15) is 31.4 Å². The molecule has 1 atom stereocenters. The van der Waals surface area contributed by atoms with Gasteiger partial charge in [-0.2, -0.15) is 4.72 Å². The zero-order valence-corrected chi connectivity index (χ0v) is 10.9. The molecule has 98 valence electrons. The molecule has 0 spiro atoms. The van der Waals surface area contributed by atoms with Gasteiger partial charge in [-0.15, -0.1) is 0 Å². The van der Waals surface area contributed by atoms with Gasteiger partial charge in [0.1, 0.15) is 6.04 Å². The first-order valence-corrected chi connectivity index (χ1v) is 7.32. The smallest absolute Gasteiger partial charge is 0.328 e. The number of nitrogens with one attached hydrogen (secondary N) is 1. The number of carbonyl (C=O) groups is 1. The van der Waals surface area contributed by atoms with Crippen molar-refractivity contribution in [2.45, 2.75) is 30.7 Å². The van der Waals surface area contributed by atoms with Crippen LogP contribution in [0.15, 0.2) is 29.2 Å². The predicted octanol–water partition coefficient (Wildman–Crippen LogP) is 1.36. The minimum absolute atomic E-state index is 0.155. The monoisotopic (exact) mass is 269 g/mol. The topological polar surface area (TPSA) is 72.5 Å². The molecule has 0 bridgehead atoms. The van der Waals surface area contributed by atoms with E-state index in [1.165, 1.54) is 6.07 Å². The van der Waals surface area contributed by atoms with Crippen LogP contribution in [0, 0.1) is 0 Å². The molecule has 5 nitrogen and oxygen atoms in total. The predicted molar refractivity (Wildman–Crippen MR) is 65.4 cm³/mol. The maximum absolute atomic E-state index is 11.8. The number of esters is 1. The molecule has 0 radical (unpaired) electrons. The molecule has 0 saturated heterocycles. The summed E-state index contributed by atoms with van der Waals surface area (Å²) in [5.74, 6) is -0.544. The summed E-state index contributed by atoms with van der Waals surface area (Å²) < 4.78 is 30.9. The van der Waals surface area contributed by atoms with Gasteiger partial charge in [-0.05, 0) is 12.5 Å². The van der Waals surface area contributed by atoms with Gasteiger partial charge < -0.3 is 4.74 Å². The van der Waals surface area contributed by atoms with Gasteiger partial charge in [-0.3, -0.25) is 0 Å². The number of rotatable bonds is 4. The SMILES string of the molecule is CCCCOC(=O)C1NS(=O)(=O)c2ccccc21. The van der Waals surface area contributed by atoms with Crippen LogP contribution in [0.25, 0.3) is 0 Å². The average molecular weight is 269 g/mol. The molecule has 1 N–H and O–H groups in total. The van der Waals surface area contributed by atoms with Crippen LogP contribution in [0.5, 0.6) is 0 Å². The first-order valence-electron chi connectivity index (χ1n) is 5.84. The summed E-state index contributed by atoms with van der Waals surface area (Å²) in [5, 5.41) is 0. The van der Waals surface area contributed by atoms with Crippen molar-refractivity contribution in [3.05, 3.63) is 29.8 Å². The Kier molecular flexibility index (Phi) is 3.68. The standard InChI is InChI=1S/C12H15NO4S/c1-2-3-8-17-12(14)11-9-6-4-5-7-10(9)18(15,16)13-11/h4-7,11,13H,2-3,8H2,1H3. The van der Waals surface area contributed by atoms with Crippen LogP contribution in [-0.4, -0.2) is 21.0 Å². The molecule has 6 heteroatoms. The molecule has 1 aliphatic rings. The van der Waals surface area contributed by atoms with Crippen molar-refractivity contribution in [2.24, 2.45) is 0 Å². The first-order chi connectivity index (χ1) is 8.56. The zero-order chi connectivity index (χ0) is 13.2. The molecule has 1 aromatic carbocycles. The third kappa shape index (κ3) is 2.39. The Morgan fingerprint density at radius 3 is 2.83 bits per heavy atom. The van der Waals surface area contributed by atoms with Crippen LogP contribution in [0.3, 0.4) is 0 Å². The summed E-state index contributed by atoms with van der Waals surface area (Å²) in [5.41, 5.74) is 0.457. The number of sulfonamides is 1. The summed E-state index contributed by atoms with van der Waals surface area (Å²) in [7, 11) is -3.58. The number of benzene rings is 1. The van der Waals surface area contributed by atoms with Crippen LogP contribution >= 0.6 is 0 Å². The number of hydrogen-bond acceptors (Lipinski definition) is 4. The van der Waals surface area contributed by atoms with Gasteiger partial charge >= 0.3 is 5.97 Å². The van der Waals surface area contributed by atoms with E-state index in [1.807, 2.05) is 6.92 Å². The molecule has 2 rings (SSSR count). The van der Waals surface area contributed by atoms with Gasteiger partial charge in [-0.1, -0.05) is 31.5 Å². The third-order valence-corrected chi connectivity index (χ3v) is 4.27. The molecule has 0 aromatic heterocycles. The Bertz CT molecular complexity index is 553. The first kappa shape index (κ1) is 13.0. The summed E-state index contributed by atoms with van der Waals surface area (Å²) in [6, 6.07) is 5.52. The van der Waals surface area contributed by atoms with E-state index in [9.17, 15) is 13.2 Å². The lowest BCUT2D eigenvalue weighted by atomic mass is 10.1. The maximum atomic E-state index is 11.8. The quantitative estimate of drug-likeness (QED) is 0.661. The molecular formula is C12H15NO4S. The normalized spacial score (nSPS) is 20.4. The van der Waals surface area contributed by atoms with E-state index < -0.39 is 22.0 Å². The van der Waals surface area contributed by atoms with Gasteiger partial charge in [0.25, 0.3) is 0 Å². The van der Waals surface area contributed by atoms with Crippen LogP contribution in [0.4, 0.5) is 0 Å². The van der Waals surface area contributed by atoms with E-state index >= 15 is 0 Å². The number of fused-ring (bicyclic) bond motifs is 1. The zero-order valence-electron chi connectivity index (χ0n) is 10.0. The summed E-state index contributed by atoms with van der Waals surface area (Å²) in [4.78, 5) is 12.0. The second kappa shape index (κ2) is 5.07. The average Bonchev–Trinajstić information content (AvgIpc) is 2.63. The third-order valence-electron chi connectivity index (χ3n) is 2.77. The van der Waals surface area contributed by atoms with Crippen molar-refractivity contribution >= 4 is 16.0 Å². The van der Waals surface area contributed by atoms with Crippen LogP contribution < -0.4 is 4.72 Å². The Morgan fingerprint density at radius 2 is 2.11 bits per heavy atom. The number of unbranched alkanes of at least 4 members (excludes halogenated alkanes) is 1. The molecule has 18 heavy (non-hydrogen) atoms. The van der Waals surface area contributed by atoms with Crippen molar-refractivity contribution in [1.82, 2.24) is 4.72 Å². The van der Waals surface area contributed by atoms with E-state index in [0.29, 0.717) is 12.2 Å². The van der Waals surface area contributed by atoms with Gasteiger partial charge in [0.15, 0.2) is 0 Å². The van der Waals surface area contributed by atoms with E-state index in [2.05, 4.69) is 4.72 Å². The summed E-state index contributed by atoms with van der Waals surface area (Å²) in [6.07, 6.45) is 1.69. The van der Waals surface area contributed by atoms with E-state index in [-0.39, 0.29) is 4.90 Å². The lowest BCUT2D eigenvalue weighted by Gasteiger charge is -2.10. The maximum Gasteiger partial charge on any atom is 0.328 e. The molecule has 1 aliphatic heterocycles. The van der Waals surface area contributed by atoms with Crippen molar-refractivity contribution in [3.8, 4) is 0 Å². The van der Waals surface area contributed by atoms with Crippen LogP contribution in [-0.2, 0) is 19.6 Å². The van der Waals surface area contributed by atoms with Gasteiger partial charge in [-0.25, -0.2) is 13.2 Å². The van der Waals surface area contributed by atoms with Gasteiger partial charge in [0, 0.05) is 5.56 Å². The summed E-state index contributed by atoms with van der Waals surface area (Å²) >= 11 is 0. The number of carbonyl (C=O) groups excluding carboxylic acids is 1. The van der Waals surface area contributed by atoms with Crippen molar-refractivity contribution < 1.29 is 17.9 Å². The fraction of sp³-hybridized carbons (Fsp3) is 0.417. The Hall–Kier alpha value is -1.40. The van der Waals surface area contributed by atoms with Crippen LogP contribution in [0.2, 0.25) is 0 Å². The lowest BCUT2D eigenvalue weighted by molar-refractivity contribution is -0.145. The molecule has 1 heterocycles. The fourth-order valence-corrected chi connectivity index (χ4v) is 3.24. The molecule has 0 amide bonds. The van der Waals surface area contributed by atoms with Crippen molar-refractivity contribution in [2.75, 3.05) is 6.61 Å². The van der Waals surface area contributed by atoms with Crippen molar-refractivity contribution in [1.29, 1.82) is 0 Å². The minimum atomic E-state index is -3.58. The number of ether oxygens (including phenoxy) is 1. The highest BCUT2D eigenvalue weighted by Crippen LogP contribution is 2.31. The second-order valence-electron chi connectivity index (χ2n) is 4.11. The molecule has 1 unspecified atom stereocenters. The van der Waals surface area contributed by atoms with E-state index in [1.54, 1.807) is 18.2 Å². The Morgan fingerprint density at radius 1 is 1.39 bits per heavy atom. The molecule has 0 saturated carbocycles. The Labute approximate surface area is 106 Å². The van der Waals surface area contributed by atoms with E-state index in [4.69, 9.17) is 4.74 Å². The minimum Gasteiger partial charge on any atom is -0.464 e.